The van der Waals surface area contributed by atoms with Gasteiger partial charge in [0.1, 0.15) is 5.75 Å². The van der Waals surface area contributed by atoms with Gasteiger partial charge in [0.25, 0.3) is 11.9 Å². The third-order valence-electron chi connectivity index (χ3n) is 3.97. The van der Waals surface area contributed by atoms with Gasteiger partial charge in [0.2, 0.25) is 0 Å². The average molecular weight is 390 g/mol. The number of benzene rings is 4. The molecule has 0 fully saturated rings. The normalized spacial score (nSPS) is 9.72. The van der Waals surface area contributed by atoms with Crippen molar-refractivity contribution in [3.63, 3.8) is 0 Å². The molecule has 0 radical (unpaired) electrons. The molecular weight excluding hydrogens is 368 g/mol. The Morgan fingerprint density at radius 2 is 1.07 bits per heavy atom. The predicted molar refractivity (Wildman–Crippen MR) is 115 cm³/mol. The molecule has 0 aliphatic heterocycles. The molecule has 5 heteroatoms. The predicted octanol–water partition coefficient (Wildman–Crippen LogP) is 5.55. The third-order valence-corrected chi connectivity index (χ3v) is 3.97. The Labute approximate surface area is 168 Å². The maximum atomic E-state index is 10.4. The minimum Gasteiger partial charge on any atom is -0.507 e. The number of rotatable bonds is 1. The van der Waals surface area contributed by atoms with E-state index >= 15 is 0 Å². The number of carbonyl (C=O) groups is 2. The van der Waals surface area contributed by atoms with Crippen LogP contribution in [0, 0.1) is 0 Å². The van der Waals surface area contributed by atoms with E-state index in [0.29, 0.717) is 5.75 Å². The van der Waals surface area contributed by atoms with E-state index in [9.17, 15) is 5.11 Å². The van der Waals surface area contributed by atoms with Gasteiger partial charge >= 0.3 is 0 Å². The SMILES string of the molecule is CC(=O)O.CC(=O)O.Oc1ccc2ccccc2c1-c1cccc2ccccc12. The number of carboxylic acid groups (broad SMARTS) is 2. The fourth-order valence-electron chi connectivity index (χ4n) is 2.99. The molecule has 0 amide bonds. The fourth-order valence-corrected chi connectivity index (χ4v) is 2.99. The molecule has 4 aromatic rings. The summed E-state index contributed by atoms with van der Waals surface area (Å²) in [6, 6.07) is 26.4. The molecule has 0 saturated heterocycles. The highest BCUT2D eigenvalue weighted by Gasteiger charge is 2.11. The second-order valence-corrected chi connectivity index (χ2v) is 6.25. The van der Waals surface area contributed by atoms with E-state index in [4.69, 9.17) is 19.8 Å². The summed E-state index contributed by atoms with van der Waals surface area (Å²) in [5.41, 5.74) is 1.98. The topological polar surface area (TPSA) is 94.8 Å². The van der Waals surface area contributed by atoms with E-state index < -0.39 is 11.9 Å². The Morgan fingerprint density at radius 3 is 1.66 bits per heavy atom. The van der Waals surface area contributed by atoms with Crippen molar-refractivity contribution in [2.24, 2.45) is 0 Å². The fraction of sp³-hybridized carbons (Fsp3) is 0.0833. The third kappa shape index (κ3) is 5.81. The number of fused-ring (bicyclic) bond motifs is 2. The molecule has 4 rings (SSSR count). The summed E-state index contributed by atoms with van der Waals surface area (Å²) in [6.45, 7) is 2.17. The zero-order valence-electron chi connectivity index (χ0n) is 16.2. The van der Waals surface area contributed by atoms with Gasteiger partial charge < -0.3 is 15.3 Å². The quantitative estimate of drug-likeness (QED) is 0.396. The van der Waals surface area contributed by atoms with Crippen molar-refractivity contribution in [1.82, 2.24) is 0 Å². The van der Waals surface area contributed by atoms with Crippen LogP contribution in [0.1, 0.15) is 13.8 Å². The Bertz CT molecular complexity index is 1120. The average Bonchev–Trinajstić information content (AvgIpc) is 2.67. The van der Waals surface area contributed by atoms with Gasteiger partial charge in [-0.15, -0.1) is 0 Å². The second kappa shape index (κ2) is 9.90. The van der Waals surface area contributed by atoms with Crippen molar-refractivity contribution < 1.29 is 24.9 Å². The molecule has 0 heterocycles. The number of hydrogen-bond acceptors (Lipinski definition) is 3. The van der Waals surface area contributed by atoms with Crippen molar-refractivity contribution >= 4 is 33.5 Å². The molecule has 3 N–H and O–H groups in total. The number of aromatic hydroxyl groups is 1. The summed E-state index contributed by atoms with van der Waals surface area (Å²) in [7, 11) is 0. The first kappa shape index (κ1) is 21.4. The maximum Gasteiger partial charge on any atom is 0.300 e. The molecule has 0 saturated carbocycles. The first-order valence-corrected chi connectivity index (χ1v) is 8.89. The molecule has 148 valence electrons. The highest BCUT2D eigenvalue weighted by Crippen LogP contribution is 2.39. The van der Waals surface area contributed by atoms with E-state index in [1.54, 1.807) is 6.07 Å². The van der Waals surface area contributed by atoms with Gasteiger partial charge in [0.05, 0.1) is 0 Å². The molecule has 5 nitrogen and oxygen atoms in total. The first-order valence-electron chi connectivity index (χ1n) is 8.89. The standard InChI is InChI=1S/C20H14O.2C2H4O2/c21-19-13-12-15-7-2-4-10-17(15)20(19)18-11-5-8-14-6-1-3-9-16(14)18;2*1-2(3)4/h1-13,21H;2*1H3,(H,3,4). The molecule has 0 spiro atoms. The summed E-state index contributed by atoms with van der Waals surface area (Å²) in [6.07, 6.45) is 0. The van der Waals surface area contributed by atoms with Gasteiger partial charge in [0, 0.05) is 19.4 Å². The Kier molecular flexibility index (Phi) is 7.32. The highest BCUT2D eigenvalue weighted by molar-refractivity contribution is 6.07. The van der Waals surface area contributed by atoms with Crippen LogP contribution < -0.4 is 0 Å². The van der Waals surface area contributed by atoms with E-state index in [0.717, 1.165) is 41.1 Å². The van der Waals surface area contributed by atoms with Crippen LogP contribution in [0.3, 0.4) is 0 Å². The van der Waals surface area contributed by atoms with Crippen LogP contribution in [-0.2, 0) is 9.59 Å². The molecule has 29 heavy (non-hydrogen) atoms. The molecule has 4 aromatic carbocycles. The van der Waals surface area contributed by atoms with Gasteiger partial charge in [-0.25, -0.2) is 0 Å². The lowest BCUT2D eigenvalue weighted by Gasteiger charge is -2.12. The van der Waals surface area contributed by atoms with E-state index in [1.807, 2.05) is 36.4 Å². The number of carboxylic acids is 2. The lowest BCUT2D eigenvalue weighted by molar-refractivity contribution is -0.135. The minimum atomic E-state index is -0.833. The van der Waals surface area contributed by atoms with Crippen molar-refractivity contribution in [1.29, 1.82) is 0 Å². The van der Waals surface area contributed by atoms with Gasteiger partial charge in [-0.05, 0) is 33.2 Å². The van der Waals surface area contributed by atoms with Crippen LogP contribution in [0.5, 0.6) is 5.75 Å². The molecule has 0 aromatic heterocycles. The van der Waals surface area contributed by atoms with Crippen molar-refractivity contribution in [3.05, 3.63) is 78.9 Å². The van der Waals surface area contributed by atoms with Gasteiger partial charge in [-0.1, -0.05) is 72.8 Å². The van der Waals surface area contributed by atoms with Crippen LogP contribution in [-0.4, -0.2) is 27.3 Å². The van der Waals surface area contributed by atoms with E-state index in [2.05, 4.69) is 36.4 Å². The molecule has 0 aliphatic rings. The molecule has 0 atom stereocenters. The minimum absolute atomic E-state index is 0.324. The van der Waals surface area contributed by atoms with Crippen molar-refractivity contribution in [2.45, 2.75) is 13.8 Å². The van der Waals surface area contributed by atoms with Crippen molar-refractivity contribution in [3.8, 4) is 16.9 Å². The number of phenolic OH excluding ortho intramolecular Hbond substituents is 1. The van der Waals surface area contributed by atoms with E-state index in [1.165, 1.54) is 5.39 Å². The maximum absolute atomic E-state index is 10.4. The van der Waals surface area contributed by atoms with Gasteiger partial charge in [0.15, 0.2) is 0 Å². The zero-order chi connectivity index (χ0) is 21.4. The van der Waals surface area contributed by atoms with Crippen LogP contribution in [0.15, 0.2) is 78.9 Å². The Balaban J connectivity index is 0.000000324. The molecule has 0 aliphatic carbocycles. The smallest absolute Gasteiger partial charge is 0.300 e. The zero-order valence-corrected chi connectivity index (χ0v) is 16.2. The van der Waals surface area contributed by atoms with E-state index in [-0.39, 0.29) is 0 Å². The Morgan fingerprint density at radius 1 is 0.621 bits per heavy atom. The molecule has 0 bridgehead atoms. The number of hydrogen-bond donors (Lipinski definition) is 3. The van der Waals surface area contributed by atoms with Crippen LogP contribution >= 0.6 is 0 Å². The second-order valence-electron chi connectivity index (χ2n) is 6.25. The summed E-state index contributed by atoms with van der Waals surface area (Å²) >= 11 is 0. The highest BCUT2D eigenvalue weighted by atomic mass is 16.4. The summed E-state index contributed by atoms with van der Waals surface area (Å²) in [4.78, 5) is 18.0. The van der Waals surface area contributed by atoms with Crippen molar-refractivity contribution in [2.75, 3.05) is 0 Å². The molecule has 0 unspecified atom stereocenters. The van der Waals surface area contributed by atoms with Crippen LogP contribution in [0.2, 0.25) is 0 Å². The first-order chi connectivity index (χ1) is 13.8. The molecular formula is C24H22O5. The summed E-state index contributed by atoms with van der Waals surface area (Å²) in [5.74, 6) is -1.34. The number of aliphatic carboxylic acids is 2. The largest absolute Gasteiger partial charge is 0.507 e. The monoisotopic (exact) mass is 390 g/mol. The summed E-state index contributed by atoms with van der Waals surface area (Å²) < 4.78 is 0. The van der Waals surface area contributed by atoms with Crippen LogP contribution in [0.25, 0.3) is 32.7 Å². The number of phenols is 1. The summed E-state index contributed by atoms with van der Waals surface area (Å²) in [5, 5.41) is 29.8. The lowest BCUT2D eigenvalue weighted by atomic mass is 9.93. The Hall–Kier alpha value is -3.86. The lowest BCUT2D eigenvalue weighted by Crippen LogP contribution is -1.85. The van der Waals surface area contributed by atoms with Crippen LogP contribution in [0.4, 0.5) is 0 Å². The van der Waals surface area contributed by atoms with Gasteiger partial charge in [-0.2, -0.15) is 0 Å². The van der Waals surface area contributed by atoms with Gasteiger partial charge in [-0.3, -0.25) is 9.59 Å².